The fourth-order valence-corrected chi connectivity index (χ4v) is 4.27. The quantitative estimate of drug-likeness (QED) is 0.258. The van der Waals surface area contributed by atoms with E-state index in [2.05, 4.69) is 15.4 Å². The SMILES string of the molecule is CCOC(=O)C(N)CC(Cc1ccc(-c2cc(Cl)ccc2F)cc1)NC(=O)c1nn(-c2ccccc2)c(=O)[nH]1. The highest BCUT2D eigenvalue weighted by molar-refractivity contribution is 6.30. The largest absolute Gasteiger partial charge is 0.465 e. The number of rotatable bonds is 10. The van der Waals surface area contributed by atoms with Crippen molar-refractivity contribution < 1.29 is 18.7 Å². The summed E-state index contributed by atoms with van der Waals surface area (Å²) in [5.41, 5.74) is 7.76. The van der Waals surface area contributed by atoms with Crippen LogP contribution in [-0.2, 0) is 16.0 Å². The van der Waals surface area contributed by atoms with E-state index in [4.69, 9.17) is 22.1 Å². The number of carbonyl (C=O) groups is 2. The van der Waals surface area contributed by atoms with Crippen molar-refractivity contribution in [1.82, 2.24) is 20.1 Å². The van der Waals surface area contributed by atoms with Gasteiger partial charge in [0.2, 0.25) is 5.82 Å². The van der Waals surface area contributed by atoms with Crippen molar-refractivity contribution in [2.75, 3.05) is 6.61 Å². The van der Waals surface area contributed by atoms with E-state index < -0.39 is 35.5 Å². The molecule has 1 heterocycles. The standard InChI is InChI=1S/C28H27ClFN5O4/c1-2-39-27(37)24(31)16-20(14-17-8-10-18(11-9-17)22-15-19(29)12-13-23(22)30)32-26(36)25-33-28(38)35(34-25)21-6-4-3-5-7-21/h3-13,15,20,24H,2,14,16,31H2,1H3,(H,32,36)(H,33,34,38). The molecule has 0 radical (unpaired) electrons. The number of nitrogens with one attached hydrogen (secondary N) is 2. The Morgan fingerprint density at radius 1 is 1.13 bits per heavy atom. The summed E-state index contributed by atoms with van der Waals surface area (Å²) in [6.45, 7) is 1.84. The molecule has 2 atom stereocenters. The molecule has 0 bridgehead atoms. The maximum atomic E-state index is 14.3. The fraction of sp³-hybridized carbons (Fsp3) is 0.214. The molecule has 9 nitrogen and oxygen atoms in total. The maximum absolute atomic E-state index is 14.3. The van der Waals surface area contributed by atoms with Gasteiger partial charge in [0, 0.05) is 16.6 Å². The van der Waals surface area contributed by atoms with Crippen molar-refractivity contribution in [3.05, 3.63) is 106 Å². The van der Waals surface area contributed by atoms with E-state index in [1.807, 2.05) is 0 Å². The Balaban J connectivity index is 1.54. The number of halogens is 2. The number of hydrogen-bond donors (Lipinski definition) is 3. The van der Waals surface area contributed by atoms with Crippen LogP contribution in [0.25, 0.3) is 16.8 Å². The second-order valence-electron chi connectivity index (χ2n) is 8.82. The Bertz CT molecular complexity index is 1500. The molecule has 0 aliphatic carbocycles. The van der Waals surface area contributed by atoms with Crippen LogP contribution in [0.3, 0.4) is 0 Å². The summed E-state index contributed by atoms with van der Waals surface area (Å²) in [5.74, 6) is -1.82. The lowest BCUT2D eigenvalue weighted by Crippen LogP contribution is -2.44. The van der Waals surface area contributed by atoms with E-state index in [9.17, 15) is 18.8 Å². The van der Waals surface area contributed by atoms with Gasteiger partial charge < -0.3 is 15.8 Å². The second-order valence-corrected chi connectivity index (χ2v) is 9.25. The summed E-state index contributed by atoms with van der Waals surface area (Å²) in [6, 6.07) is 18.4. The number of para-hydroxylation sites is 1. The normalized spacial score (nSPS) is 12.5. The second kappa shape index (κ2) is 12.5. The van der Waals surface area contributed by atoms with Crippen LogP contribution in [0.2, 0.25) is 5.02 Å². The Morgan fingerprint density at radius 3 is 2.54 bits per heavy atom. The number of nitrogens with two attached hydrogens (primary N) is 1. The molecule has 11 heteroatoms. The topological polar surface area (TPSA) is 132 Å². The van der Waals surface area contributed by atoms with E-state index in [0.717, 1.165) is 10.2 Å². The molecule has 4 aromatic rings. The van der Waals surface area contributed by atoms with Crippen LogP contribution in [0.4, 0.5) is 4.39 Å². The van der Waals surface area contributed by atoms with Crippen LogP contribution >= 0.6 is 11.6 Å². The number of amides is 1. The van der Waals surface area contributed by atoms with Crippen LogP contribution < -0.4 is 16.7 Å². The summed E-state index contributed by atoms with van der Waals surface area (Å²) in [4.78, 5) is 40.1. The van der Waals surface area contributed by atoms with E-state index in [-0.39, 0.29) is 18.9 Å². The molecule has 2 unspecified atom stereocenters. The van der Waals surface area contributed by atoms with Gasteiger partial charge in [-0.1, -0.05) is 54.1 Å². The Hall–Kier alpha value is -4.28. The third-order valence-electron chi connectivity index (χ3n) is 5.97. The van der Waals surface area contributed by atoms with Gasteiger partial charge in [0.15, 0.2) is 0 Å². The molecule has 202 valence electrons. The summed E-state index contributed by atoms with van der Waals surface area (Å²) < 4.78 is 20.4. The van der Waals surface area contributed by atoms with Gasteiger partial charge in [-0.05, 0) is 61.2 Å². The predicted octanol–water partition coefficient (Wildman–Crippen LogP) is 3.64. The average Bonchev–Trinajstić information content (AvgIpc) is 3.33. The number of carbonyl (C=O) groups excluding carboxylic acids is 2. The molecule has 0 spiro atoms. The Morgan fingerprint density at radius 2 is 1.85 bits per heavy atom. The minimum atomic E-state index is -0.990. The van der Waals surface area contributed by atoms with Gasteiger partial charge in [-0.2, -0.15) is 4.68 Å². The molecule has 4 N–H and O–H groups in total. The minimum Gasteiger partial charge on any atom is -0.465 e. The van der Waals surface area contributed by atoms with Gasteiger partial charge >= 0.3 is 11.7 Å². The lowest BCUT2D eigenvalue weighted by molar-refractivity contribution is -0.145. The third kappa shape index (κ3) is 6.98. The zero-order chi connectivity index (χ0) is 27.9. The molecule has 1 amide bonds. The molecular formula is C28H27ClFN5O4. The van der Waals surface area contributed by atoms with Crippen molar-refractivity contribution in [2.45, 2.75) is 31.8 Å². The molecule has 0 saturated heterocycles. The van der Waals surface area contributed by atoms with E-state index >= 15 is 0 Å². The first-order valence-corrected chi connectivity index (χ1v) is 12.6. The number of H-pyrrole nitrogens is 1. The van der Waals surface area contributed by atoms with Crippen molar-refractivity contribution >= 4 is 23.5 Å². The lowest BCUT2D eigenvalue weighted by Gasteiger charge is -2.21. The van der Waals surface area contributed by atoms with E-state index in [1.165, 1.54) is 12.1 Å². The Kier molecular flexibility index (Phi) is 8.90. The van der Waals surface area contributed by atoms with Gasteiger partial charge in [-0.3, -0.25) is 14.6 Å². The predicted molar refractivity (Wildman–Crippen MR) is 145 cm³/mol. The molecule has 0 fully saturated rings. The summed E-state index contributed by atoms with van der Waals surface area (Å²) in [6.07, 6.45) is 0.361. The first kappa shape index (κ1) is 27.7. The van der Waals surface area contributed by atoms with Gasteiger partial charge in [0.05, 0.1) is 12.3 Å². The number of esters is 1. The minimum absolute atomic E-state index is 0.0683. The highest BCUT2D eigenvalue weighted by atomic mass is 35.5. The number of aromatic nitrogens is 3. The summed E-state index contributed by atoms with van der Waals surface area (Å²) in [5, 5.41) is 7.34. The third-order valence-corrected chi connectivity index (χ3v) is 6.21. The van der Waals surface area contributed by atoms with Gasteiger partial charge in [-0.25, -0.2) is 9.18 Å². The first-order valence-electron chi connectivity index (χ1n) is 12.3. The lowest BCUT2D eigenvalue weighted by atomic mass is 9.97. The van der Waals surface area contributed by atoms with Crippen molar-refractivity contribution in [3.8, 4) is 16.8 Å². The number of nitrogens with zero attached hydrogens (tertiary/aromatic N) is 2. The van der Waals surface area contributed by atoms with Gasteiger partial charge in [0.1, 0.15) is 11.9 Å². The number of aromatic amines is 1. The first-order chi connectivity index (χ1) is 18.7. The number of benzene rings is 3. The van der Waals surface area contributed by atoms with Crippen LogP contribution in [0.5, 0.6) is 0 Å². The highest BCUT2D eigenvalue weighted by Crippen LogP contribution is 2.26. The molecule has 1 aromatic heterocycles. The van der Waals surface area contributed by atoms with Crippen LogP contribution in [-0.4, -0.2) is 45.3 Å². The monoisotopic (exact) mass is 551 g/mol. The molecule has 3 aromatic carbocycles. The summed E-state index contributed by atoms with van der Waals surface area (Å²) in [7, 11) is 0. The smallest absolute Gasteiger partial charge is 0.348 e. The number of hydrogen-bond acceptors (Lipinski definition) is 6. The molecule has 0 saturated carbocycles. The average molecular weight is 552 g/mol. The molecule has 0 aliphatic heterocycles. The van der Waals surface area contributed by atoms with Crippen molar-refractivity contribution in [1.29, 1.82) is 0 Å². The fourth-order valence-electron chi connectivity index (χ4n) is 4.09. The van der Waals surface area contributed by atoms with Gasteiger partial charge in [-0.15, -0.1) is 5.10 Å². The maximum Gasteiger partial charge on any atom is 0.348 e. The molecule has 39 heavy (non-hydrogen) atoms. The van der Waals surface area contributed by atoms with Crippen LogP contribution in [0.1, 0.15) is 29.5 Å². The molecule has 4 rings (SSSR count). The van der Waals surface area contributed by atoms with Crippen LogP contribution in [0, 0.1) is 5.82 Å². The molecule has 0 aliphatic rings. The van der Waals surface area contributed by atoms with E-state index in [1.54, 1.807) is 67.6 Å². The van der Waals surface area contributed by atoms with Gasteiger partial charge in [0.25, 0.3) is 5.91 Å². The molecular weight excluding hydrogens is 525 g/mol. The number of ether oxygens (including phenoxy) is 1. The van der Waals surface area contributed by atoms with Crippen LogP contribution in [0.15, 0.2) is 77.6 Å². The summed E-state index contributed by atoms with van der Waals surface area (Å²) >= 11 is 6.02. The zero-order valence-corrected chi connectivity index (χ0v) is 21.8. The van der Waals surface area contributed by atoms with Crippen molar-refractivity contribution in [2.24, 2.45) is 5.73 Å². The Labute approximate surface area is 228 Å². The highest BCUT2D eigenvalue weighted by Gasteiger charge is 2.24. The van der Waals surface area contributed by atoms with Crippen molar-refractivity contribution in [3.63, 3.8) is 0 Å². The zero-order valence-electron chi connectivity index (χ0n) is 21.1. The van der Waals surface area contributed by atoms with E-state index in [0.29, 0.717) is 28.3 Å².